The molecular formula is C14H13NO4. The molecule has 0 atom stereocenters. The van der Waals surface area contributed by atoms with E-state index in [1.165, 1.54) is 19.4 Å². The van der Waals surface area contributed by atoms with E-state index >= 15 is 0 Å². The normalized spacial score (nSPS) is 9.95. The van der Waals surface area contributed by atoms with Gasteiger partial charge in [-0.25, -0.2) is 14.2 Å². The summed E-state index contributed by atoms with van der Waals surface area (Å²) in [4.78, 5) is 23.3. The molecule has 0 bridgehead atoms. The lowest BCUT2D eigenvalue weighted by molar-refractivity contribution is 0.0459. The standard InChI is InChI=1S/C14H13NO4/c1-18-14(17)15-9-5-8-12(15)13(16)19-10-11-6-3-2-4-7-11/h2-9H,10H2,1H3. The van der Waals surface area contributed by atoms with Gasteiger partial charge in [-0.1, -0.05) is 30.3 Å². The summed E-state index contributed by atoms with van der Waals surface area (Å²) >= 11 is 0. The molecule has 0 saturated heterocycles. The van der Waals surface area contributed by atoms with Crippen molar-refractivity contribution in [2.75, 3.05) is 7.11 Å². The van der Waals surface area contributed by atoms with E-state index < -0.39 is 12.1 Å². The van der Waals surface area contributed by atoms with E-state index in [4.69, 9.17) is 4.74 Å². The molecule has 0 N–H and O–H groups in total. The molecule has 5 nitrogen and oxygen atoms in total. The van der Waals surface area contributed by atoms with Crippen molar-refractivity contribution in [2.45, 2.75) is 6.61 Å². The number of aromatic nitrogens is 1. The quantitative estimate of drug-likeness (QED) is 0.794. The van der Waals surface area contributed by atoms with Gasteiger partial charge in [0.2, 0.25) is 0 Å². The van der Waals surface area contributed by atoms with Crippen LogP contribution in [-0.4, -0.2) is 23.7 Å². The largest absolute Gasteiger partial charge is 0.456 e. The molecule has 19 heavy (non-hydrogen) atoms. The SMILES string of the molecule is COC(=O)n1cccc1C(=O)OCc1ccccc1. The molecule has 1 heterocycles. The Kier molecular flexibility index (Phi) is 3.97. The van der Waals surface area contributed by atoms with Gasteiger partial charge in [-0.05, 0) is 17.7 Å². The van der Waals surface area contributed by atoms with Crippen LogP contribution in [0.5, 0.6) is 0 Å². The molecule has 0 saturated carbocycles. The first kappa shape index (κ1) is 12.9. The molecule has 2 aromatic rings. The van der Waals surface area contributed by atoms with Crippen molar-refractivity contribution in [1.29, 1.82) is 0 Å². The highest BCUT2D eigenvalue weighted by Gasteiger charge is 2.17. The first-order valence-electron chi connectivity index (χ1n) is 5.69. The van der Waals surface area contributed by atoms with E-state index in [2.05, 4.69) is 4.74 Å². The molecule has 0 amide bonds. The summed E-state index contributed by atoms with van der Waals surface area (Å²) in [5, 5.41) is 0. The minimum Gasteiger partial charge on any atom is -0.456 e. The van der Waals surface area contributed by atoms with E-state index in [9.17, 15) is 9.59 Å². The van der Waals surface area contributed by atoms with Crippen LogP contribution in [0, 0.1) is 0 Å². The van der Waals surface area contributed by atoms with Gasteiger partial charge in [0.15, 0.2) is 0 Å². The lowest BCUT2D eigenvalue weighted by Gasteiger charge is -2.07. The zero-order valence-electron chi connectivity index (χ0n) is 10.4. The molecule has 0 unspecified atom stereocenters. The van der Waals surface area contributed by atoms with Crippen LogP contribution in [0.3, 0.4) is 0 Å². The number of carbonyl (C=O) groups is 2. The highest BCUT2D eigenvalue weighted by atomic mass is 16.5. The maximum atomic E-state index is 11.9. The summed E-state index contributed by atoms with van der Waals surface area (Å²) < 4.78 is 10.8. The van der Waals surface area contributed by atoms with Gasteiger partial charge in [0.25, 0.3) is 0 Å². The molecule has 0 aliphatic carbocycles. The second kappa shape index (κ2) is 5.86. The summed E-state index contributed by atoms with van der Waals surface area (Å²) in [6, 6.07) is 12.4. The third-order valence-electron chi connectivity index (χ3n) is 2.54. The molecule has 0 aliphatic heterocycles. The van der Waals surface area contributed by atoms with Crippen molar-refractivity contribution < 1.29 is 19.1 Å². The van der Waals surface area contributed by atoms with E-state index in [1.807, 2.05) is 30.3 Å². The number of hydrogen-bond acceptors (Lipinski definition) is 4. The molecule has 5 heteroatoms. The maximum Gasteiger partial charge on any atom is 0.418 e. The van der Waals surface area contributed by atoms with Crippen LogP contribution in [0.15, 0.2) is 48.7 Å². The molecule has 0 radical (unpaired) electrons. The van der Waals surface area contributed by atoms with Gasteiger partial charge in [0.1, 0.15) is 12.3 Å². The summed E-state index contributed by atoms with van der Waals surface area (Å²) in [7, 11) is 1.25. The van der Waals surface area contributed by atoms with Crippen LogP contribution in [0.1, 0.15) is 16.1 Å². The zero-order valence-corrected chi connectivity index (χ0v) is 10.4. The Morgan fingerprint density at radius 2 is 1.84 bits per heavy atom. The number of benzene rings is 1. The number of methoxy groups -OCH3 is 1. The second-order valence-electron chi connectivity index (χ2n) is 3.80. The molecule has 98 valence electrons. The number of rotatable bonds is 3. The van der Waals surface area contributed by atoms with Gasteiger partial charge in [-0.2, -0.15) is 0 Å². The Labute approximate surface area is 110 Å². The van der Waals surface area contributed by atoms with Gasteiger partial charge in [0, 0.05) is 6.20 Å². The third-order valence-corrected chi connectivity index (χ3v) is 2.54. The van der Waals surface area contributed by atoms with Crippen molar-refractivity contribution in [3.8, 4) is 0 Å². The fraction of sp³-hybridized carbons (Fsp3) is 0.143. The second-order valence-corrected chi connectivity index (χ2v) is 3.80. The van der Waals surface area contributed by atoms with E-state index in [0.29, 0.717) is 0 Å². The minimum absolute atomic E-state index is 0.141. The van der Waals surface area contributed by atoms with Crippen molar-refractivity contribution >= 4 is 12.1 Å². The van der Waals surface area contributed by atoms with Gasteiger partial charge < -0.3 is 9.47 Å². The minimum atomic E-state index is -0.628. The topological polar surface area (TPSA) is 57.5 Å². The molecule has 0 aliphatic rings. The number of esters is 1. The van der Waals surface area contributed by atoms with Crippen molar-refractivity contribution in [3.05, 3.63) is 59.9 Å². The average molecular weight is 259 g/mol. The Hall–Kier alpha value is -2.56. The van der Waals surface area contributed by atoms with Gasteiger partial charge in [-0.15, -0.1) is 0 Å². The van der Waals surface area contributed by atoms with E-state index in [0.717, 1.165) is 10.1 Å². The molecule has 2 rings (SSSR count). The fourth-order valence-corrected chi connectivity index (χ4v) is 1.60. The highest BCUT2D eigenvalue weighted by Crippen LogP contribution is 2.08. The Balaban J connectivity index is 2.05. The Morgan fingerprint density at radius 1 is 1.11 bits per heavy atom. The predicted molar refractivity (Wildman–Crippen MR) is 67.8 cm³/mol. The highest BCUT2D eigenvalue weighted by molar-refractivity contribution is 5.91. The van der Waals surface area contributed by atoms with Crippen molar-refractivity contribution in [1.82, 2.24) is 4.57 Å². The summed E-state index contributed by atoms with van der Waals surface area (Å²) in [5.41, 5.74) is 1.02. The lowest BCUT2D eigenvalue weighted by atomic mass is 10.2. The molecule has 0 fully saturated rings. The number of ether oxygens (including phenoxy) is 2. The first-order valence-corrected chi connectivity index (χ1v) is 5.69. The number of nitrogens with zero attached hydrogens (tertiary/aromatic N) is 1. The monoisotopic (exact) mass is 259 g/mol. The fourth-order valence-electron chi connectivity index (χ4n) is 1.60. The Bertz CT molecular complexity index is 574. The maximum absolute atomic E-state index is 11.9. The van der Waals surface area contributed by atoms with Crippen LogP contribution < -0.4 is 0 Å². The zero-order chi connectivity index (χ0) is 13.7. The van der Waals surface area contributed by atoms with Crippen LogP contribution in [0.2, 0.25) is 0 Å². The van der Waals surface area contributed by atoms with E-state index in [1.54, 1.807) is 6.07 Å². The van der Waals surface area contributed by atoms with Gasteiger partial charge in [0.05, 0.1) is 7.11 Å². The third kappa shape index (κ3) is 3.01. The smallest absolute Gasteiger partial charge is 0.418 e. The molecule has 1 aromatic carbocycles. The van der Waals surface area contributed by atoms with Crippen molar-refractivity contribution in [3.63, 3.8) is 0 Å². The molecular weight excluding hydrogens is 246 g/mol. The first-order chi connectivity index (χ1) is 9.22. The Morgan fingerprint density at radius 3 is 2.53 bits per heavy atom. The average Bonchev–Trinajstić information content (AvgIpc) is 2.94. The van der Waals surface area contributed by atoms with Gasteiger partial charge >= 0.3 is 12.1 Å². The lowest BCUT2D eigenvalue weighted by Crippen LogP contribution is -2.18. The predicted octanol–water partition coefficient (Wildman–Crippen LogP) is 2.46. The van der Waals surface area contributed by atoms with Gasteiger partial charge in [-0.3, -0.25) is 0 Å². The van der Waals surface area contributed by atoms with Crippen LogP contribution in [-0.2, 0) is 16.1 Å². The summed E-state index contributed by atoms with van der Waals surface area (Å²) in [5.74, 6) is -0.570. The van der Waals surface area contributed by atoms with Crippen molar-refractivity contribution in [2.24, 2.45) is 0 Å². The molecule has 1 aromatic heterocycles. The van der Waals surface area contributed by atoms with Crippen LogP contribution >= 0.6 is 0 Å². The molecule has 0 spiro atoms. The summed E-state index contributed by atoms with van der Waals surface area (Å²) in [6.45, 7) is 0.159. The number of carbonyl (C=O) groups excluding carboxylic acids is 2. The van der Waals surface area contributed by atoms with Crippen LogP contribution in [0.25, 0.3) is 0 Å². The summed E-state index contributed by atoms with van der Waals surface area (Å²) in [6.07, 6.45) is 0.821. The number of hydrogen-bond donors (Lipinski definition) is 0. The van der Waals surface area contributed by atoms with E-state index in [-0.39, 0.29) is 12.3 Å². The van der Waals surface area contributed by atoms with Crippen LogP contribution in [0.4, 0.5) is 4.79 Å².